The van der Waals surface area contributed by atoms with Gasteiger partial charge in [-0.25, -0.2) is 0 Å². The van der Waals surface area contributed by atoms with Crippen molar-refractivity contribution in [2.24, 2.45) is 5.73 Å². The van der Waals surface area contributed by atoms with Crippen LogP contribution in [0.4, 0.5) is 0 Å². The maximum absolute atomic E-state index is 12.2. The maximum atomic E-state index is 12.2. The van der Waals surface area contributed by atoms with E-state index >= 15 is 0 Å². The minimum absolute atomic E-state index is 0.281. The van der Waals surface area contributed by atoms with Gasteiger partial charge in [0, 0.05) is 25.0 Å². The van der Waals surface area contributed by atoms with Crippen LogP contribution in [0, 0.1) is 0 Å². The predicted octanol–water partition coefficient (Wildman–Crippen LogP) is 2.22. The second-order valence-corrected chi connectivity index (χ2v) is 5.51. The van der Waals surface area contributed by atoms with Crippen LogP contribution in [0.2, 0.25) is 0 Å². The van der Waals surface area contributed by atoms with Crippen molar-refractivity contribution in [1.82, 2.24) is 4.90 Å². The number of amides is 1. The summed E-state index contributed by atoms with van der Waals surface area (Å²) < 4.78 is 0. The zero-order valence-electron chi connectivity index (χ0n) is 10.8. The van der Waals surface area contributed by atoms with Crippen LogP contribution in [0.15, 0.2) is 11.6 Å². The summed E-state index contributed by atoms with van der Waals surface area (Å²) in [6.07, 6.45) is 9.62. The van der Waals surface area contributed by atoms with E-state index in [1.54, 1.807) is 0 Å². The van der Waals surface area contributed by atoms with Gasteiger partial charge in [-0.3, -0.25) is 4.79 Å². The molecule has 96 valence electrons. The zero-order chi connectivity index (χ0) is 12.3. The topological polar surface area (TPSA) is 46.3 Å². The van der Waals surface area contributed by atoms with Gasteiger partial charge in [0.25, 0.3) is 0 Å². The molecule has 2 atom stereocenters. The Morgan fingerprint density at radius 2 is 2.35 bits per heavy atom. The molecule has 0 spiro atoms. The van der Waals surface area contributed by atoms with Crippen LogP contribution in [0.25, 0.3) is 0 Å². The first kappa shape index (κ1) is 12.6. The number of carbonyl (C=O) groups is 1. The van der Waals surface area contributed by atoms with Gasteiger partial charge in [0.1, 0.15) is 0 Å². The highest BCUT2D eigenvalue weighted by Gasteiger charge is 2.27. The third kappa shape index (κ3) is 3.32. The molecule has 2 rings (SSSR count). The monoisotopic (exact) mass is 236 g/mol. The van der Waals surface area contributed by atoms with Crippen LogP contribution in [-0.4, -0.2) is 29.4 Å². The fraction of sp³-hybridized carbons (Fsp3) is 0.786. The first-order valence-corrected chi connectivity index (χ1v) is 6.90. The summed E-state index contributed by atoms with van der Waals surface area (Å²) in [6.45, 7) is 2.96. The molecule has 1 amide bonds. The molecule has 1 fully saturated rings. The van der Waals surface area contributed by atoms with Crippen molar-refractivity contribution < 1.29 is 4.79 Å². The maximum Gasteiger partial charge on any atom is 0.226 e. The molecule has 0 saturated carbocycles. The Bertz CT molecular complexity index is 311. The minimum atomic E-state index is 0.281. The van der Waals surface area contributed by atoms with E-state index in [4.69, 9.17) is 5.73 Å². The normalized spacial score (nSPS) is 30.0. The number of hydrogen-bond donors (Lipinski definition) is 1. The Kier molecular flexibility index (Phi) is 4.21. The van der Waals surface area contributed by atoms with Gasteiger partial charge < -0.3 is 10.6 Å². The van der Waals surface area contributed by atoms with Crippen LogP contribution < -0.4 is 5.73 Å². The Balaban J connectivity index is 1.89. The molecule has 2 unspecified atom stereocenters. The lowest BCUT2D eigenvalue weighted by Crippen LogP contribution is -2.48. The first-order valence-electron chi connectivity index (χ1n) is 6.90. The highest BCUT2D eigenvalue weighted by Crippen LogP contribution is 2.23. The summed E-state index contributed by atoms with van der Waals surface area (Å²) in [5, 5.41) is 0. The van der Waals surface area contributed by atoms with Crippen LogP contribution in [0.1, 0.15) is 51.9 Å². The van der Waals surface area contributed by atoms with E-state index in [1.165, 1.54) is 18.4 Å². The van der Waals surface area contributed by atoms with Gasteiger partial charge >= 0.3 is 0 Å². The lowest BCUT2D eigenvalue weighted by Gasteiger charge is -2.36. The highest BCUT2D eigenvalue weighted by atomic mass is 16.2. The van der Waals surface area contributed by atoms with Gasteiger partial charge in [0.15, 0.2) is 0 Å². The molecule has 0 aromatic rings. The van der Waals surface area contributed by atoms with Crippen molar-refractivity contribution >= 4 is 5.91 Å². The Morgan fingerprint density at radius 1 is 1.53 bits per heavy atom. The number of nitrogens with two attached hydrogens (primary N) is 1. The second kappa shape index (κ2) is 5.67. The lowest BCUT2D eigenvalue weighted by atomic mass is 9.94. The number of hydrogen-bond acceptors (Lipinski definition) is 2. The second-order valence-electron chi connectivity index (χ2n) is 5.51. The van der Waals surface area contributed by atoms with E-state index in [-0.39, 0.29) is 6.04 Å². The summed E-state index contributed by atoms with van der Waals surface area (Å²) in [5.74, 6) is 0.303. The molecular formula is C14H24N2O. The van der Waals surface area contributed by atoms with Gasteiger partial charge in [0.2, 0.25) is 5.91 Å². The summed E-state index contributed by atoms with van der Waals surface area (Å²) in [6, 6.07) is 0.596. The number of carbonyl (C=O) groups excluding carboxylic acids is 1. The van der Waals surface area contributed by atoms with E-state index in [1.807, 2.05) is 4.90 Å². The molecular weight excluding hydrogens is 212 g/mol. The molecule has 1 heterocycles. The fourth-order valence-corrected chi connectivity index (χ4v) is 2.94. The third-order valence-corrected chi connectivity index (χ3v) is 4.00. The average Bonchev–Trinajstić information content (AvgIpc) is 2.30. The smallest absolute Gasteiger partial charge is 0.226 e. The number of likely N-dealkylation sites (tertiary alicyclic amines) is 1. The molecule has 0 aromatic carbocycles. The Labute approximate surface area is 104 Å². The average molecular weight is 236 g/mol. The summed E-state index contributed by atoms with van der Waals surface area (Å²) in [7, 11) is 0. The minimum Gasteiger partial charge on any atom is -0.340 e. The van der Waals surface area contributed by atoms with Crippen molar-refractivity contribution in [3.8, 4) is 0 Å². The summed E-state index contributed by atoms with van der Waals surface area (Å²) in [4.78, 5) is 14.3. The van der Waals surface area contributed by atoms with Crippen molar-refractivity contribution in [1.29, 1.82) is 0 Å². The van der Waals surface area contributed by atoms with Gasteiger partial charge in [-0.1, -0.05) is 11.6 Å². The quantitative estimate of drug-likeness (QED) is 0.747. The molecule has 2 aliphatic rings. The standard InChI is InChI=1S/C14H24N2O/c1-11-9-13(15)7-8-16(11)14(17)10-12-5-3-2-4-6-12/h5,11,13H,2-4,6-10,15H2,1H3. The van der Waals surface area contributed by atoms with Crippen molar-refractivity contribution in [2.75, 3.05) is 6.54 Å². The van der Waals surface area contributed by atoms with E-state index in [0.717, 1.165) is 32.2 Å². The molecule has 0 radical (unpaired) electrons. The number of nitrogens with zero attached hydrogens (tertiary/aromatic N) is 1. The number of piperidine rings is 1. The van der Waals surface area contributed by atoms with Gasteiger partial charge in [-0.2, -0.15) is 0 Å². The third-order valence-electron chi connectivity index (χ3n) is 4.00. The van der Waals surface area contributed by atoms with Gasteiger partial charge in [-0.15, -0.1) is 0 Å². The summed E-state index contributed by atoms with van der Waals surface area (Å²) in [5.41, 5.74) is 7.27. The first-order chi connectivity index (χ1) is 8.16. The number of allylic oxidation sites excluding steroid dienone is 1. The molecule has 1 aliphatic heterocycles. The Hall–Kier alpha value is -0.830. The van der Waals surface area contributed by atoms with E-state index in [2.05, 4.69) is 13.0 Å². The largest absolute Gasteiger partial charge is 0.340 e. The molecule has 3 nitrogen and oxygen atoms in total. The van der Waals surface area contributed by atoms with Crippen molar-refractivity contribution in [2.45, 2.75) is 64.0 Å². The molecule has 2 N–H and O–H groups in total. The fourth-order valence-electron chi connectivity index (χ4n) is 2.94. The van der Waals surface area contributed by atoms with Crippen LogP contribution in [0.5, 0.6) is 0 Å². The van der Waals surface area contributed by atoms with Crippen LogP contribution >= 0.6 is 0 Å². The Morgan fingerprint density at radius 3 is 3.00 bits per heavy atom. The van der Waals surface area contributed by atoms with E-state index in [0.29, 0.717) is 18.4 Å². The zero-order valence-corrected chi connectivity index (χ0v) is 10.8. The molecule has 17 heavy (non-hydrogen) atoms. The lowest BCUT2D eigenvalue weighted by molar-refractivity contribution is -0.133. The molecule has 0 aromatic heterocycles. The van der Waals surface area contributed by atoms with Crippen molar-refractivity contribution in [3.63, 3.8) is 0 Å². The molecule has 1 aliphatic carbocycles. The predicted molar refractivity (Wildman–Crippen MR) is 69.6 cm³/mol. The summed E-state index contributed by atoms with van der Waals surface area (Å²) >= 11 is 0. The highest BCUT2D eigenvalue weighted by molar-refractivity contribution is 5.79. The number of rotatable bonds is 2. The molecule has 3 heteroatoms. The van der Waals surface area contributed by atoms with Crippen molar-refractivity contribution in [3.05, 3.63) is 11.6 Å². The van der Waals surface area contributed by atoms with Gasteiger partial charge in [-0.05, 0) is 45.4 Å². The van der Waals surface area contributed by atoms with Gasteiger partial charge in [0.05, 0.1) is 0 Å². The van der Waals surface area contributed by atoms with Crippen LogP contribution in [0.3, 0.4) is 0 Å². The molecule has 0 bridgehead atoms. The van der Waals surface area contributed by atoms with E-state index < -0.39 is 0 Å². The molecule has 1 saturated heterocycles. The van der Waals surface area contributed by atoms with Crippen LogP contribution in [-0.2, 0) is 4.79 Å². The van der Waals surface area contributed by atoms with E-state index in [9.17, 15) is 4.79 Å². The SMILES string of the molecule is CC1CC(N)CCN1C(=O)CC1=CCCCC1.